The SMILES string of the molecule is Cc1cccc(N)c1S(=O)(=O)NCCc1ccsc1. The number of hydrogen-bond acceptors (Lipinski definition) is 4. The van der Waals surface area contributed by atoms with E-state index in [9.17, 15) is 8.42 Å². The molecule has 1 heterocycles. The van der Waals surface area contributed by atoms with E-state index in [4.69, 9.17) is 5.73 Å². The predicted molar refractivity (Wildman–Crippen MR) is 78.8 cm³/mol. The fourth-order valence-electron chi connectivity index (χ4n) is 1.88. The van der Waals surface area contributed by atoms with Crippen molar-refractivity contribution >= 4 is 27.0 Å². The molecule has 0 unspecified atom stereocenters. The van der Waals surface area contributed by atoms with Crippen LogP contribution in [0.3, 0.4) is 0 Å². The molecule has 19 heavy (non-hydrogen) atoms. The molecule has 0 atom stereocenters. The summed E-state index contributed by atoms with van der Waals surface area (Å²) in [5, 5.41) is 3.99. The van der Waals surface area contributed by atoms with E-state index in [-0.39, 0.29) is 10.6 Å². The summed E-state index contributed by atoms with van der Waals surface area (Å²) in [6.07, 6.45) is 0.675. The lowest BCUT2D eigenvalue weighted by Gasteiger charge is -2.11. The number of anilines is 1. The number of aryl methyl sites for hydroxylation is 1. The van der Waals surface area contributed by atoms with Crippen molar-refractivity contribution in [3.63, 3.8) is 0 Å². The third-order valence-electron chi connectivity index (χ3n) is 2.80. The van der Waals surface area contributed by atoms with Crippen LogP contribution in [0, 0.1) is 6.92 Å². The molecular weight excluding hydrogens is 280 g/mol. The van der Waals surface area contributed by atoms with Crippen LogP contribution in [0.25, 0.3) is 0 Å². The van der Waals surface area contributed by atoms with Gasteiger partial charge in [0.25, 0.3) is 0 Å². The molecule has 0 fully saturated rings. The van der Waals surface area contributed by atoms with Gasteiger partial charge in [0.05, 0.1) is 5.69 Å². The van der Waals surface area contributed by atoms with Crippen LogP contribution >= 0.6 is 11.3 Å². The molecule has 0 aliphatic carbocycles. The molecule has 4 nitrogen and oxygen atoms in total. The Balaban J connectivity index is 2.10. The summed E-state index contributed by atoms with van der Waals surface area (Å²) in [7, 11) is -3.55. The number of sulfonamides is 1. The highest BCUT2D eigenvalue weighted by molar-refractivity contribution is 7.89. The Labute approximate surface area is 117 Å². The van der Waals surface area contributed by atoms with Crippen LogP contribution in [0.15, 0.2) is 39.9 Å². The zero-order valence-electron chi connectivity index (χ0n) is 10.6. The van der Waals surface area contributed by atoms with E-state index in [1.54, 1.807) is 36.5 Å². The molecule has 102 valence electrons. The Hall–Kier alpha value is -1.37. The van der Waals surface area contributed by atoms with Gasteiger partial charge in [0, 0.05) is 6.54 Å². The highest BCUT2D eigenvalue weighted by atomic mass is 32.2. The van der Waals surface area contributed by atoms with Crippen LogP contribution in [-0.2, 0) is 16.4 Å². The molecule has 0 bridgehead atoms. The Morgan fingerprint density at radius 1 is 1.32 bits per heavy atom. The van der Waals surface area contributed by atoms with Gasteiger partial charge in [-0.15, -0.1) is 0 Å². The van der Waals surface area contributed by atoms with Crippen molar-refractivity contribution < 1.29 is 8.42 Å². The maximum Gasteiger partial charge on any atom is 0.242 e. The molecule has 0 aliphatic rings. The van der Waals surface area contributed by atoms with Gasteiger partial charge < -0.3 is 5.73 Å². The second-order valence-electron chi connectivity index (χ2n) is 4.27. The minimum atomic E-state index is -3.55. The fourth-order valence-corrected chi connectivity index (χ4v) is 3.97. The van der Waals surface area contributed by atoms with Gasteiger partial charge in [-0.3, -0.25) is 0 Å². The van der Waals surface area contributed by atoms with E-state index in [0.717, 1.165) is 5.56 Å². The number of nitrogens with one attached hydrogen (secondary N) is 1. The topological polar surface area (TPSA) is 72.2 Å². The summed E-state index contributed by atoms with van der Waals surface area (Å²) in [4.78, 5) is 0.181. The molecule has 0 spiro atoms. The third kappa shape index (κ3) is 3.34. The zero-order valence-corrected chi connectivity index (χ0v) is 12.2. The molecule has 0 saturated heterocycles. The van der Waals surface area contributed by atoms with Gasteiger partial charge in [0.1, 0.15) is 4.90 Å². The average molecular weight is 296 g/mol. The minimum Gasteiger partial charge on any atom is -0.398 e. The largest absolute Gasteiger partial charge is 0.398 e. The lowest BCUT2D eigenvalue weighted by atomic mass is 10.2. The van der Waals surface area contributed by atoms with Crippen LogP contribution in [0.5, 0.6) is 0 Å². The van der Waals surface area contributed by atoms with Crippen molar-refractivity contribution in [2.45, 2.75) is 18.2 Å². The van der Waals surface area contributed by atoms with Crippen molar-refractivity contribution in [3.05, 3.63) is 46.2 Å². The first kappa shape index (κ1) is 14.0. The van der Waals surface area contributed by atoms with Crippen molar-refractivity contribution in [2.75, 3.05) is 12.3 Å². The molecule has 1 aromatic carbocycles. The van der Waals surface area contributed by atoms with Gasteiger partial charge in [0.2, 0.25) is 10.0 Å². The van der Waals surface area contributed by atoms with Crippen LogP contribution in [0.1, 0.15) is 11.1 Å². The second-order valence-corrected chi connectivity index (χ2v) is 6.76. The number of rotatable bonds is 5. The summed E-state index contributed by atoms with van der Waals surface area (Å²) in [6, 6.07) is 7.07. The number of nitrogens with two attached hydrogens (primary N) is 1. The highest BCUT2D eigenvalue weighted by Gasteiger charge is 2.19. The number of thiophene rings is 1. The first-order valence-corrected chi connectivity index (χ1v) is 8.29. The summed E-state index contributed by atoms with van der Waals surface area (Å²) >= 11 is 1.60. The molecule has 0 amide bonds. The Bertz CT molecular complexity index is 629. The summed E-state index contributed by atoms with van der Waals surface area (Å²) < 4.78 is 27.0. The first-order chi connectivity index (χ1) is 9.00. The fraction of sp³-hybridized carbons (Fsp3) is 0.231. The van der Waals surface area contributed by atoms with Crippen LogP contribution in [0.4, 0.5) is 5.69 Å². The van der Waals surface area contributed by atoms with Gasteiger partial charge >= 0.3 is 0 Å². The molecule has 2 rings (SSSR count). The first-order valence-electron chi connectivity index (χ1n) is 5.86. The molecule has 6 heteroatoms. The lowest BCUT2D eigenvalue weighted by molar-refractivity contribution is 0.581. The van der Waals surface area contributed by atoms with Gasteiger partial charge in [-0.25, -0.2) is 13.1 Å². The lowest BCUT2D eigenvalue weighted by Crippen LogP contribution is -2.27. The van der Waals surface area contributed by atoms with Crippen LogP contribution in [0.2, 0.25) is 0 Å². The van der Waals surface area contributed by atoms with E-state index < -0.39 is 10.0 Å². The summed E-state index contributed by atoms with van der Waals surface area (Å²) in [6.45, 7) is 2.11. The van der Waals surface area contributed by atoms with Crippen molar-refractivity contribution in [3.8, 4) is 0 Å². The van der Waals surface area contributed by atoms with Gasteiger partial charge in [-0.1, -0.05) is 12.1 Å². The molecule has 0 saturated carbocycles. The zero-order chi connectivity index (χ0) is 13.9. The smallest absolute Gasteiger partial charge is 0.242 e. The Morgan fingerprint density at radius 2 is 2.11 bits per heavy atom. The molecule has 1 aromatic heterocycles. The second kappa shape index (κ2) is 5.73. The van der Waals surface area contributed by atoms with Crippen LogP contribution in [-0.4, -0.2) is 15.0 Å². The third-order valence-corrected chi connectivity index (χ3v) is 5.21. The predicted octanol–water partition coefficient (Wildman–Crippen LogP) is 2.16. The van der Waals surface area contributed by atoms with E-state index in [1.165, 1.54) is 0 Å². The standard InChI is InChI=1S/C13H16N2O2S2/c1-10-3-2-4-12(14)13(10)19(16,17)15-7-5-11-6-8-18-9-11/h2-4,6,8-9,15H,5,7,14H2,1H3. The maximum atomic E-state index is 12.2. The monoisotopic (exact) mass is 296 g/mol. The Morgan fingerprint density at radius 3 is 2.74 bits per heavy atom. The van der Waals surface area contributed by atoms with E-state index in [0.29, 0.717) is 18.5 Å². The number of benzene rings is 1. The Kier molecular flexibility index (Phi) is 4.24. The molecule has 2 aromatic rings. The average Bonchev–Trinajstić information content (AvgIpc) is 2.81. The molecule has 0 radical (unpaired) electrons. The molecule has 0 aliphatic heterocycles. The number of nitrogen functional groups attached to an aromatic ring is 1. The summed E-state index contributed by atoms with van der Waals surface area (Å²) in [5.41, 5.74) is 7.82. The molecular formula is C13H16N2O2S2. The highest BCUT2D eigenvalue weighted by Crippen LogP contribution is 2.21. The van der Waals surface area contributed by atoms with Gasteiger partial charge in [0.15, 0.2) is 0 Å². The van der Waals surface area contributed by atoms with Gasteiger partial charge in [-0.05, 0) is 47.4 Å². The number of hydrogen-bond donors (Lipinski definition) is 2. The maximum absolute atomic E-state index is 12.2. The van der Waals surface area contributed by atoms with Crippen molar-refractivity contribution in [1.82, 2.24) is 4.72 Å². The van der Waals surface area contributed by atoms with E-state index in [1.807, 2.05) is 16.8 Å². The van der Waals surface area contributed by atoms with Gasteiger partial charge in [-0.2, -0.15) is 11.3 Å². The normalized spacial score (nSPS) is 11.6. The van der Waals surface area contributed by atoms with E-state index >= 15 is 0 Å². The van der Waals surface area contributed by atoms with Crippen molar-refractivity contribution in [2.24, 2.45) is 0 Å². The van der Waals surface area contributed by atoms with Crippen molar-refractivity contribution in [1.29, 1.82) is 0 Å². The summed E-state index contributed by atoms with van der Waals surface area (Å²) in [5.74, 6) is 0. The van der Waals surface area contributed by atoms with Crippen LogP contribution < -0.4 is 10.5 Å². The quantitative estimate of drug-likeness (QED) is 0.831. The van der Waals surface area contributed by atoms with E-state index in [2.05, 4.69) is 4.72 Å². The minimum absolute atomic E-state index is 0.181. The molecule has 3 N–H and O–H groups in total.